The van der Waals surface area contributed by atoms with Gasteiger partial charge in [0.25, 0.3) is 0 Å². The van der Waals surface area contributed by atoms with Gasteiger partial charge in [-0.2, -0.15) is 0 Å². The molecular weight excluding hydrogens is 284 g/mol. The second-order valence-electron chi connectivity index (χ2n) is 7.28. The molecule has 3 nitrogen and oxygen atoms in total. The van der Waals surface area contributed by atoms with Gasteiger partial charge in [0.2, 0.25) is 0 Å². The van der Waals surface area contributed by atoms with Gasteiger partial charge < -0.3 is 4.90 Å². The van der Waals surface area contributed by atoms with Gasteiger partial charge in [-0.15, -0.1) is 0 Å². The Labute approximate surface area is 141 Å². The van der Waals surface area contributed by atoms with E-state index in [9.17, 15) is 4.79 Å². The Hall–Kier alpha value is -1.61. The molecule has 23 heavy (non-hydrogen) atoms. The van der Waals surface area contributed by atoms with E-state index in [1.807, 2.05) is 25.3 Å². The van der Waals surface area contributed by atoms with Crippen molar-refractivity contribution >= 4 is 5.78 Å². The zero-order valence-corrected chi connectivity index (χ0v) is 15.0. The molecule has 1 saturated carbocycles. The highest BCUT2D eigenvalue weighted by molar-refractivity contribution is 5.92. The topological polar surface area (TPSA) is 23.6 Å². The van der Waals surface area contributed by atoms with Crippen LogP contribution in [0.4, 0.5) is 0 Å². The number of likely N-dealkylation sites (N-methyl/N-ethyl adjacent to an activating group) is 1. The average molecular weight is 314 g/mol. The van der Waals surface area contributed by atoms with Gasteiger partial charge in [-0.05, 0) is 57.7 Å². The molecule has 3 atom stereocenters. The molecule has 0 N–H and O–H groups in total. The largest absolute Gasteiger partial charge is 0.346 e. The van der Waals surface area contributed by atoms with Crippen LogP contribution >= 0.6 is 0 Å². The van der Waals surface area contributed by atoms with Crippen LogP contribution in [-0.2, 0) is 4.79 Å². The van der Waals surface area contributed by atoms with Gasteiger partial charge in [0.15, 0.2) is 5.78 Å². The van der Waals surface area contributed by atoms with Crippen LogP contribution in [0.5, 0.6) is 0 Å². The van der Waals surface area contributed by atoms with Gasteiger partial charge in [-0.1, -0.05) is 26.2 Å². The highest BCUT2D eigenvalue weighted by Gasteiger charge is 2.56. The number of hydrogen-bond donors (Lipinski definition) is 0. The van der Waals surface area contributed by atoms with Crippen molar-refractivity contribution in [3.8, 4) is 0 Å². The van der Waals surface area contributed by atoms with E-state index in [4.69, 9.17) is 0 Å². The van der Waals surface area contributed by atoms with Crippen LogP contribution in [0.3, 0.4) is 0 Å². The summed E-state index contributed by atoms with van der Waals surface area (Å²) in [7, 11) is 2.24. The van der Waals surface area contributed by atoms with Gasteiger partial charge in [0.05, 0.1) is 0 Å². The Morgan fingerprint density at radius 3 is 2.65 bits per heavy atom. The standard InChI is InChI=1S/C20H30N2O/c1-7-9-17(8-2)22(13-15(3)16(4)23)14-18-10-11-20(5)12-19(20)21(18)6/h7-9,13,18-19H,1-2,10-12,14H2,3-6H3/b15-13+,17-9-. The number of likely N-dealkylation sites (tertiary alicyclic amines) is 1. The number of rotatable bonds is 7. The van der Waals surface area contributed by atoms with E-state index in [0.29, 0.717) is 11.5 Å². The van der Waals surface area contributed by atoms with E-state index < -0.39 is 0 Å². The third kappa shape index (κ3) is 3.84. The monoisotopic (exact) mass is 314 g/mol. The molecule has 2 aliphatic rings. The fourth-order valence-corrected chi connectivity index (χ4v) is 3.65. The number of Topliss-reactive ketones (excluding diaryl/α,β-unsaturated/α-hetero) is 1. The van der Waals surface area contributed by atoms with E-state index in [-0.39, 0.29) is 5.78 Å². The van der Waals surface area contributed by atoms with Crippen molar-refractivity contribution in [2.24, 2.45) is 5.41 Å². The Morgan fingerprint density at radius 1 is 1.39 bits per heavy atom. The molecule has 0 aromatic rings. The first-order valence-corrected chi connectivity index (χ1v) is 8.45. The Bertz CT molecular complexity index is 560. The summed E-state index contributed by atoms with van der Waals surface area (Å²) in [5.41, 5.74) is 2.29. The van der Waals surface area contributed by atoms with E-state index in [1.54, 1.807) is 13.0 Å². The molecule has 0 aromatic carbocycles. The second kappa shape index (κ2) is 6.88. The van der Waals surface area contributed by atoms with Gasteiger partial charge in [-0.25, -0.2) is 0 Å². The van der Waals surface area contributed by atoms with E-state index in [0.717, 1.165) is 23.9 Å². The van der Waals surface area contributed by atoms with Crippen LogP contribution in [0.1, 0.15) is 40.0 Å². The minimum atomic E-state index is 0.101. The van der Waals surface area contributed by atoms with Gasteiger partial charge in [0, 0.05) is 36.1 Å². The van der Waals surface area contributed by atoms with Gasteiger partial charge >= 0.3 is 0 Å². The molecule has 3 heteroatoms. The molecule has 1 heterocycles. The normalized spacial score (nSPS) is 31.3. The molecule has 2 rings (SSSR count). The van der Waals surface area contributed by atoms with Crippen molar-refractivity contribution in [1.29, 1.82) is 0 Å². The van der Waals surface area contributed by atoms with Crippen LogP contribution in [0.2, 0.25) is 0 Å². The fourth-order valence-electron chi connectivity index (χ4n) is 3.65. The molecular formula is C20H30N2O. The number of ketones is 1. The van der Waals surface area contributed by atoms with Crippen molar-refractivity contribution in [2.75, 3.05) is 13.6 Å². The van der Waals surface area contributed by atoms with Crippen LogP contribution in [0.25, 0.3) is 0 Å². The summed E-state index contributed by atoms with van der Waals surface area (Å²) in [6.07, 6.45) is 11.3. The molecule has 0 aromatic heterocycles. The highest BCUT2D eigenvalue weighted by Crippen LogP contribution is 2.56. The molecule has 0 bridgehead atoms. The maximum Gasteiger partial charge on any atom is 0.156 e. The molecule has 0 amide bonds. The van der Waals surface area contributed by atoms with Crippen LogP contribution in [-0.4, -0.2) is 41.3 Å². The van der Waals surface area contributed by atoms with E-state index >= 15 is 0 Å². The Balaban J connectivity index is 2.19. The summed E-state index contributed by atoms with van der Waals surface area (Å²) in [6, 6.07) is 1.22. The number of piperidine rings is 1. The first-order valence-electron chi connectivity index (χ1n) is 8.45. The number of nitrogens with zero attached hydrogens (tertiary/aromatic N) is 2. The third-order valence-corrected chi connectivity index (χ3v) is 5.56. The average Bonchev–Trinajstić information content (AvgIpc) is 3.20. The summed E-state index contributed by atoms with van der Waals surface area (Å²) < 4.78 is 0. The molecule has 1 saturated heterocycles. The number of carbonyl (C=O) groups excluding carboxylic acids is 1. The molecule has 126 valence electrons. The van der Waals surface area contributed by atoms with E-state index in [1.165, 1.54) is 19.3 Å². The third-order valence-electron chi connectivity index (χ3n) is 5.56. The predicted octanol–water partition coefficient (Wildman–Crippen LogP) is 3.91. The number of allylic oxidation sites excluding steroid dienone is 4. The molecule has 1 aliphatic carbocycles. The lowest BCUT2D eigenvalue weighted by Gasteiger charge is -2.38. The van der Waals surface area contributed by atoms with Crippen molar-refractivity contribution < 1.29 is 4.79 Å². The summed E-state index contributed by atoms with van der Waals surface area (Å²) in [5, 5.41) is 0. The van der Waals surface area contributed by atoms with Crippen molar-refractivity contribution in [3.63, 3.8) is 0 Å². The predicted molar refractivity (Wildman–Crippen MR) is 96.9 cm³/mol. The molecule has 3 unspecified atom stereocenters. The Morgan fingerprint density at radius 2 is 2.09 bits per heavy atom. The van der Waals surface area contributed by atoms with Gasteiger partial charge in [-0.3, -0.25) is 9.69 Å². The summed E-state index contributed by atoms with van der Waals surface area (Å²) in [6.45, 7) is 14.4. The molecule has 1 aliphatic heterocycles. The minimum Gasteiger partial charge on any atom is -0.346 e. The maximum absolute atomic E-state index is 11.6. The quantitative estimate of drug-likeness (QED) is 0.526. The summed E-state index contributed by atoms with van der Waals surface area (Å²) >= 11 is 0. The van der Waals surface area contributed by atoms with Crippen molar-refractivity contribution in [2.45, 2.75) is 52.1 Å². The zero-order chi connectivity index (χ0) is 17.2. The summed E-state index contributed by atoms with van der Waals surface area (Å²) in [5.74, 6) is 0.101. The summed E-state index contributed by atoms with van der Waals surface area (Å²) in [4.78, 5) is 16.3. The van der Waals surface area contributed by atoms with Crippen molar-refractivity contribution in [3.05, 3.63) is 48.9 Å². The molecule has 0 spiro atoms. The molecule has 2 fully saturated rings. The van der Waals surface area contributed by atoms with Crippen LogP contribution in [0, 0.1) is 5.41 Å². The lowest BCUT2D eigenvalue weighted by atomic mass is 9.92. The maximum atomic E-state index is 11.6. The SMILES string of the molecule is C=C/C=C(/C=C)N(/C=C(\C)C(C)=O)CC1CCC2(C)CC2N1C. The second-order valence-corrected chi connectivity index (χ2v) is 7.28. The van der Waals surface area contributed by atoms with E-state index in [2.05, 4.69) is 36.9 Å². The molecule has 0 radical (unpaired) electrons. The lowest BCUT2D eigenvalue weighted by Crippen LogP contribution is -2.45. The minimum absolute atomic E-state index is 0.101. The lowest BCUT2D eigenvalue weighted by molar-refractivity contribution is -0.113. The van der Waals surface area contributed by atoms with Gasteiger partial charge in [0.1, 0.15) is 0 Å². The van der Waals surface area contributed by atoms with Crippen molar-refractivity contribution in [1.82, 2.24) is 9.80 Å². The first-order chi connectivity index (χ1) is 10.8. The number of hydrogen-bond acceptors (Lipinski definition) is 3. The zero-order valence-electron chi connectivity index (χ0n) is 15.0. The highest BCUT2D eigenvalue weighted by atomic mass is 16.1. The fraction of sp³-hybridized carbons (Fsp3) is 0.550. The Kier molecular flexibility index (Phi) is 5.30. The number of carbonyl (C=O) groups is 1. The number of fused-ring (bicyclic) bond motifs is 1. The first kappa shape index (κ1) is 17.7. The van der Waals surface area contributed by atoms with Crippen LogP contribution in [0.15, 0.2) is 48.9 Å². The van der Waals surface area contributed by atoms with Crippen LogP contribution < -0.4 is 0 Å². The smallest absolute Gasteiger partial charge is 0.156 e.